The highest BCUT2D eigenvalue weighted by atomic mass is 16.8. The summed E-state index contributed by atoms with van der Waals surface area (Å²) >= 11 is 0. The number of allylic oxidation sites excluding steroid dienone is 2. The number of carbonyl (C=O) groups is 1. The molecule has 95 heavy (non-hydrogen) atoms. The fraction of sp³-hybridized carbons (Fsp3) is 0.954. The molecule has 30 heteroatoms. The van der Waals surface area contributed by atoms with Crippen LogP contribution in [-0.2, 0) is 61.6 Å². The number of esters is 1. The van der Waals surface area contributed by atoms with E-state index in [1.165, 1.54) is 19.4 Å². The minimum Gasteiger partial charge on any atom is -0.432 e. The van der Waals surface area contributed by atoms with Gasteiger partial charge in [-0.15, -0.1) is 0 Å². The molecule has 0 aromatic heterocycles. The smallest absolute Gasteiger partial charge is 0.315 e. The summed E-state index contributed by atoms with van der Waals surface area (Å²) in [5.74, 6) is -0.646. The fourth-order valence-corrected chi connectivity index (χ4v) is 19.0. The highest BCUT2D eigenvalue weighted by Gasteiger charge is 2.71. The number of aliphatic hydroxyl groups is 17. The lowest BCUT2D eigenvalue weighted by atomic mass is 9.33. The molecule has 0 amide bonds. The molecule has 11 aliphatic rings. The number of fused-ring (bicyclic) bond motifs is 7. The molecule has 0 unspecified atom stereocenters. The molecule has 5 aliphatic carbocycles. The van der Waals surface area contributed by atoms with Crippen LogP contribution >= 0.6 is 0 Å². The third kappa shape index (κ3) is 12.9. The molecule has 0 radical (unpaired) electrons. The third-order valence-corrected chi connectivity index (χ3v) is 25.2. The van der Waals surface area contributed by atoms with Crippen molar-refractivity contribution in [2.24, 2.45) is 50.2 Å². The first-order valence-corrected chi connectivity index (χ1v) is 34.0. The van der Waals surface area contributed by atoms with Gasteiger partial charge >= 0.3 is 5.97 Å². The summed E-state index contributed by atoms with van der Waals surface area (Å²) < 4.78 is 71.6. The summed E-state index contributed by atoms with van der Waals surface area (Å²) in [6, 6.07) is 0. The van der Waals surface area contributed by atoms with Crippen molar-refractivity contribution in [3.05, 3.63) is 11.6 Å². The van der Waals surface area contributed by atoms with Crippen molar-refractivity contribution >= 4 is 5.97 Å². The Kier molecular flexibility index (Phi) is 21.7. The molecule has 30 nitrogen and oxygen atoms in total. The Balaban J connectivity index is 0.762. The van der Waals surface area contributed by atoms with E-state index in [9.17, 15) is 86.8 Å². The molecule has 0 aromatic carbocycles. The van der Waals surface area contributed by atoms with Gasteiger partial charge in [-0.3, -0.25) is 4.79 Å². The summed E-state index contributed by atoms with van der Waals surface area (Å²) in [6.45, 7) is 16.2. The van der Waals surface area contributed by atoms with Crippen molar-refractivity contribution in [2.75, 3.05) is 26.4 Å². The molecule has 10 fully saturated rings. The first-order chi connectivity index (χ1) is 44.5. The topological polar surface area (TPSA) is 472 Å². The zero-order valence-corrected chi connectivity index (χ0v) is 55.4. The zero-order chi connectivity index (χ0) is 69.3. The Morgan fingerprint density at radius 2 is 1.04 bits per heavy atom. The van der Waals surface area contributed by atoms with E-state index in [0.717, 1.165) is 19.3 Å². The van der Waals surface area contributed by atoms with Crippen molar-refractivity contribution < 1.29 is 148 Å². The largest absolute Gasteiger partial charge is 0.432 e. The van der Waals surface area contributed by atoms with Gasteiger partial charge in [0.15, 0.2) is 31.5 Å². The Labute approximate surface area is 551 Å². The summed E-state index contributed by atoms with van der Waals surface area (Å²) in [5, 5.41) is 184. The third-order valence-electron chi connectivity index (χ3n) is 25.2. The molecule has 0 aromatic rings. The lowest BCUT2D eigenvalue weighted by Crippen LogP contribution is -2.66. The van der Waals surface area contributed by atoms with Crippen LogP contribution in [0.5, 0.6) is 0 Å². The number of hydrogen-bond donors (Lipinski definition) is 17. The van der Waals surface area contributed by atoms with E-state index < -0.39 is 226 Å². The van der Waals surface area contributed by atoms with E-state index in [2.05, 4.69) is 54.5 Å². The second kappa shape index (κ2) is 27.7. The Morgan fingerprint density at radius 1 is 0.495 bits per heavy atom. The van der Waals surface area contributed by atoms with Crippen LogP contribution in [0, 0.1) is 50.2 Å². The van der Waals surface area contributed by atoms with Crippen LogP contribution in [0.4, 0.5) is 0 Å². The summed E-state index contributed by atoms with van der Waals surface area (Å²) in [6.07, 6.45) is -38.5. The first kappa shape index (κ1) is 74.3. The zero-order valence-electron chi connectivity index (χ0n) is 55.4. The van der Waals surface area contributed by atoms with E-state index in [0.29, 0.717) is 44.9 Å². The molecule has 546 valence electrons. The molecule has 6 saturated heterocycles. The lowest BCUT2D eigenvalue weighted by Gasteiger charge is -2.71. The summed E-state index contributed by atoms with van der Waals surface area (Å²) in [5.41, 5.74) is -1.49. The average Bonchev–Trinajstić information content (AvgIpc) is 0.673. The number of hydrogen-bond acceptors (Lipinski definition) is 30. The highest BCUT2D eigenvalue weighted by molar-refractivity contribution is 5.79. The molecule has 0 bridgehead atoms. The van der Waals surface area contributed by atoms with Gasteiger partial charge in [-0.25, -0.2) is 0 Å². The van der Waals surface area contributed by atoms with E-state index in [1.807, 2.05) is 0 Å². The second-order valence-corrected chi connectivity index (χ2v) is 31.4. The van der Waals surface area contributed by atoms with Gasteiger partial charge in [-0.1, -0.05) is 60.1 Å². The lowest BCUT2D eigenvalue weighted by molar-refractivity contribution is -0.382. The Bertz CT molecular complexity index is 2670. The molecule has 0 spiro atoms. The van der Waals surface area contributed by atoms with Crippen LogP contribution in [0.2, 0.25) is 0 Å². The molecule has 17 N–H and O–H groups in total. The van der Waals surface area contributed by atoms with Crippen molar-refractivity contribution in [2.45, 2.75) is 311 Å². The maximum atomic E-state index is 15.3. The predicted molar refractivity (Wildman–Crippen MR) is 319 cm³/mol. The van der Waals surface area contributed by atoms with Gasteiger partial charge in [0, 0.05) is 0 Å². The predicted octanol–water partition coefficient (Wildman–Crippen LogP) is -3.69. The standard InChI is InChI=1S/C65H106O30/c1-25-36(69)41(74)45(78)54(86-25)92-50-31(22-67)89-53(48(81)44(50)77)85-24-32-40(73)43(76)47(80)56(90-32)95-59(83)65-18-16-60(3,4)20-28(65)27-10-11-34-62(7)14-13-35(61(5,6)33(62)12-15-64(34,9)63(27,8)17-19-65)91-58-52(38(71)29(68)23-84-58)94-57-49(82)51(37(70)26(2)87-57)93-55-46(79)42(75)39(72)30(21-66)88-55/h10,25-26,28-58,66-82H,11-24H2,1-9H3/t25-,26-,28-,29-,30+,31+,32+,33-,34+,35-,36-,37-,38-,39+,40+,41+,42-,43-,44+,45+,46+,47+,48+,49+,50+,51+,52+,53+,54-,55-,56-,57-,58-,62-,63+,64+,65-/m0/s1. The van der Waals surface area contributed by atoms with Crippen molar-refractivity contribution in [3.8, 4) is 0 Å². The van der Waals surface area contributed by atoms with Gasteiger partial charge in [-0.05, 0) is 123 Å². The van der Waals surface area contributed by atoms with Crippen LogP contribution in [0.1, 0.15) is 127 Å². The van der Waals surface area contributed by atoms with Gasteiger partial charge in [0.25, 0.3) is 0 Å². The van der Waals surface area contributed by atoms with E-state index in [1.54, 1.807) is 0 Å². The van der Waals surface area contributed by atoms with E-state index in [4.69, 9.17) is 56.8 Å². The first-order valence-electron chi connectivity index (χ1n) is 34.0. The van der Waals surface area contributed by atoms with Crippen molar-refractivity contribution in [1.29, 1.82) is 0 Å². The fourth-order valence-electron chi connectivity index (χ4n) is 19.0. The number of ether oxygens (including phenoxy) is 12. The van der Waals surface area contributed by atoms with Crippen molar-refractivity contribution in [3.63, 3.8) is 0 Å². The number of rotatable bonds is 15. The van der Waals surface area contributed by atoms with Gasteiger partial charge in [0.2, 0.25) is 6.29 Å². The molecular weight excluding hydrogens is 1260 g/mol. The van der Waals surface area contributed by atoms with E-state index >= 15 is 4.79 Å². The maximum absolute atomic E-state index is 15.3. The molecule has 6 heterocycles. The van der Waals surface area contributed by atoms with Gasteiger partial charge in [0.1, 0.15) is 128 Å². The normalized spacial score (nSPS) is 54.6. The van der Waals surface area contributed by atoms with Gasteiger partial charge in [-0.2, -0.15) is 0 Å². The molecule has 6 aliphatic heterocycles. The van der Waals surface area contributed by atoms with Crippen molar-refractivity contribution in [1.82, 2.24) is 0 Å². The summed E-state index contributed by atoms with van der Waals surface area (Å²) in [7, 11) is 0. The van der Waals surface area contributed by atoms with Gasteiger partial charge < -0.3 is 144 Å². The quantitative estimate of drug-likeness (QED) is 0.0426. The Morgan fingerprint density at radius 3 is 1.71 bits per heavy atom. The molecule has 4 saturated carbocycles. The van der Waals surface area contributed by atoms with E-state index in [-0.39, 0.29) is 40.6 Å². The summed E-state index contributed by atoms with van der Waals surface area (Å²) in [4.78, 5) is 15.3. The van der Waals surface area contributed by atoms with Crippen LogP contribution in [0.3, 0.4) is 0 Å². The monoisotopic (exact) mass is 1370 g/mol. The highest BCUT2D eigenvalue weighted by Crippen LogP contribution is 2.76. The Hall–Kier alpha value is -1.91. The molecule has 37 atom stereocenters. The number of aliphatic hydroxyl groups excluding tert-OH is 17. The van der Waals surface area contributed by atoms with Gasteiger partial charge in [0.05, 0.1) is 50.2 Å². The maximum Gasteiger partial charge on any atom is 0.315 e. The molecular formula is C65H106O30. The van der Waals surface area contributed by atoms with Crippen LogP contribution in [0.15, 0.2) is 11.6 Å². The average molecular weight is 1370 g/mol. The SMILES string of the molecule is C[C@@H]1O[C@@H](O[C@H]2[C@H](O)[C@@H](O)[C@H](OC[C@H]3O[C@@H](OC(=O)[C@]45CCC(C)(C)C[C@H]4C4=CC[C@@H]6[C@@]7(C)CC[C@H](O[C@@H]8OC[C@H](O)[C@H](O)[C@H]8O[C@@H]8O[C@@H](C)[C@H](O)[C@@H](O[C@@H]9O[C@H](CO)[C@@H](O)[C@H](O)[C@H]9O)[C@H]8O)C(C)(C)[C@@H]7CC[C@@]6(C)[C@]4(C)CC5)[C@H](O)[C@@H](O)[C@@H]3O)O[C@@H]2CO)[C@H](O)[C@H](O)[C@H]1O. The molecule has 11 rings (SSSR count). The van der Waals surface area contributed by atoms with Crippen LogP contribution < -0.4 is 0 Å². The van der Waals surface area contributed by atoms with Crippen LogP contribution in [0.25, 0.3) is 0 Å². The van der Waals surface area contributed by atoms with Crippen LogP contribution in [-0.4, -0.2) is 303 Å². The minimum atomic E-state index is -1.91. The number of carbonyl (C=O) groups excluding carboxylic acids is 1. The second-order valence-electron chi connectivity index (χ2n) is 31.4. The minimum absolute atomic E-state index is 0.0952.